The number of allylic oxidation sites excluding steroid dienone is 1. The van der Waals surface area contributed by atoms with E-state index in [0.717, 1.165) is 5.57 Å². The summed E-state index contributed by atoms with van der Waals surface area (Å²) < 4.78 is 4.69. The van der Waals surface area contributed by atoms with Gasteiger partial charge in [-0.1, -0.05) is 27.6 Å². The first-order valence-electron chi connectivity index (χ1n) is 4.22. The second kappa shape index (κ2) is 4.24. The van der Waals surface area contributed by atoms with Crippen molar-refractivity contribution in [2.24, 2.45) is 11.7 Å². The first kappa shape index (κ1) is 10.7. The molecular weight excluding hydrogens is 234 g/mol. The minimum absolute atomic E-state index is 0.193. The van der Waals surface area contributed by atoms with E-state index in [2.05, 4.69) is 20.7 Å². The number of halogens is 1. The standard InChI is InChI=1S/C9H14BrNO2/c1-5-3-6(10)4-7(8(5)11)9(12)13-2/h3,6-8H,4,11H2,1-2H3/t6-,7?,8?/m1/s1. The highest BCUT2D eigenvalue weighted by Crippen LogP contribution is 2.28. The molecule has 1 aliphatic rings. The van der Waals surface area contributed by atoms with Crippen LogP contribution < -0.4 is 5.73 Å². The topological polar surface area (TPSA) is 52.3 Å². The average Bonchev–Trinajstić information content (AvgIpc) is 2.10. The number of carbonyl (C=O) groups is 1. The Labute approximate surface area is 86.4 Å². The van der Waals surface area contributed by atoms with Gasteiger partial charge in [-0.05, 0) is 13.3 Å². The summed E-state index contributed by atoms with van der Waals surface area (Å²) in [6.07, 6.45) is 2.76. The Morgan fingerprint density at radius 3 is 2.92 bits per heavy atom. The number of nitrogens with two attached hydrogens (primary N) is 1. The van der Waals surface area contributed by atoms with Crippen LogP contribution in [0.25, 0.3) is 0 Å². The van der Waals surface area contributed by atoms with E-state index in [0.29, 0.717) is 6.42 Å². The summed E-state index contributed by atoms with van der Waals surface area (Å²) in [6, 6.07) is -0.193. The Morgan fingerprint density at radius 1 is 1.77 bits per heavy atom. The van der Waals surface area contributed by atoms with Gasteiger partial charge in [-0.2, -0.15) is 0 Å². The lowest BCUT2D eigenvalue weighted by atomic mass is 9.85. The number of alkyl halides is 1. The predicted molar refractivity (Wildman–Crippen MR) is 54.6 cm³/mol. The Morgan fingerprint density at radius 2 is 2.38 bits per heavy atom. The molecule has 0 spiro atoms. The van der Waals surface area contributed by atoms with Crippen molar-refractivity contribution in [3.05, 3.63) is 11.6 Å². The van der Waals surface area contributed by atoms with E-state index in [-0.39, 0.29) is 22.8 Å². The molecule has 3 nitrogen and oxygen atoms in total. The van der Waals surface area contributed by atoms with Crippen LogP contribution >= 0.6 is 15.9 Å². The fourth-order valence-electron chi connectivity index (χ4n) is 1.57. The minimum Gasteiger partial charge on any atom is -0.469 e. The second-order valence-electron chi connectivity index (χ2n) is 3.32. The van der Waals surface area contributed by atoms with Crippen molar-refractivity contribution < 1.29 is 9.53 Å². The Bertz CT molecular complexity index is 240. The number of esters is 1. The van der Waals surface area contributed by atoms with Gasteiger partial charge in [0.1, 0.15) is 0 Å². The van der Waals surface area contributed by atoms with Gasteiger partial charge in [-0.25, -0.2) is 0 Å². The van der Waals surface area contributed by atoms with Gasteiger partial charge in [-0.15, -0.1) is 0 Å². The molecule has 1 aliphatic carbocycles. The lowest BCUT2D eigenvalue weighted by Gasteiger charge is -2.28. The van der Waals surface area contributed by atoms with Crippen LogP contribution in [0.1, 0.15) is 13.3 Å². The van der Waals surface area contributed by atoms with Crippen LogP contribution in [-0.2, 0) is 9.53 Å². The van der Waals surface area contributed by atoms with Gasteiger partial charge in [0, 0.05) is 10.9 Å². The summed E-state index contributed by atoms with van der Waals surface area (Å²) in [5, 5.41) is 0. The van der Waals surface area contributed by atoms with Crippen LogP contribution in [0.5, 0.6) is 0 Å². The maximum absolute atomic E-state index is 11.3. The van der Waals surface area contributed by atoms with E-state index in [1.807, 2.05) is 13.0 Å². The molecule has 0 fully saturated rings. The molecule has 0 amide bonds. The van der Waals surface area contributed by atoms with E-state index in [1.165, 1.54) is 7.11 Å². The molecule has 74 valence electrons. The Hall–Kier alpha value is -0.350. The van der Waals surface area contributed by atoms with E-state index in [4.69, 9.17) is 5.73 Å². The summed E-state index contributed by atoms with van der Waals surface area (Å²) in [5.74, 6) is -0.427. The molecule has 2 N–H and O–H groups in total. The van der Waals surface area contributed by atoms with Crippen molar-refractivity contribution in [1.82, 2.24) is 0 Å². The molecule has 1 rings (SSSR count). The molecule has 0 aromatic carbocycles. The highest BCUT2D eigenvalue weighted by atomic mass is 79.9. The van der Waals surface area contributed by atoms with Crippen LogP contribution in [0, 0.1) is 5.92 Å². The fourth-order valence-corrected chi connectivity index (χ4v) is 2.38. The highest BCUT2D eigenvalue weighted by Gasteiger charge is 2.32. The molecule has 3 atom stereocenters. The van der Waals surface area contributed by atoms with Gasteiger partial charge in [0.2, 0.25) is 0 Å². The van der Waals surface area contributed by atoms with Crippen LogP contribution in [-0.4, -0.2) is 23.9 Å². The second-order valence-corrected chi connectivity index (χ2v) is 4.49. The zero-order valence-electron chi connectivity index (χ0n) is 7.79. The van der Waals surface area contributed by atoms with Gasteiger partial charge >= 0.3 is 5.97 Å². The molecule has 0 aliphatic heterocycles. The molecule has 13 heavy (non-hydrogen) atoms. The van der Waals surface area contributed by atoms with E-state index >= 15 is 0 Å². The molecule has 0 saturated carbocycles. The van der Waals surface area contributed by atoms with Crippen molar-refractivity contribution in [3.8, 4) is 0 Å². The normalized spacial score (nSPS) is 33.8. The number of methoxy groups -OCH3 is 1. The Kier molecular flexibility index (Phi) is 3.50. The molecule has 0 heterocycles. The summed E-state index contributed by atoms with van der Waals surface area (Å²) in [4.78, 5) is 11.6. The Balaban J connectivity index is 2.78. The van der Waals surface area contributed by atoms with Crippen LogP contribution in [0.15, 0.2) is 11.6 Å². The smallest absolute Gasteiger partial charge is 0.310 e. The van der Waals surface area contributed by atoms with E-state index in [1.54, 1.807) is 0 Å². The molecule has 0 aromatic rings. The maximum Gasteiger partial charge on any atom is 0.310 e. The van der Waals surface area contributed by atoms with Gasteiger partial charge in [0.25, 0.3) is 0 Å². The molecule has 2 unspecified atom stereocenters. The maximum atomic E-state index is 11.3. The van der Waals surface area contributed by atoms with Crippen LogP contribution in [0.4, 0.5) is 0 Å². The predicted octanol–water partition coefficient (Wildman–Crippen LogP) is 1.22. The molecule has 0 aromatic heterocycles. The number of ether oxygens (including phenoxy) is 1. The molecule has 0 saturated heterocycles. The number of rotatable bonds is 1. The lowest BCUT2D eigenvalue weighted by molar-refractivity contribution is -0.146. The first-order valence-corrected chi connectivity index (χ1v) is 5.13. The van der Waals surface area contributed by atoms with E-state index < -0.39 is 0 Å². The molecule has 4 heteroatoms. The number of hydrogen-bond acceptors (Lipinski definition) is 3. The summed E-state index contributed by atoms with van der Waals surface area (Å²) >= 11 is 3.45. The fraction of sp³-hybridized carbons (Fsp3) is 0.667. The highest BCUT2D eigenvalue weighted by molar-refractivity contribution is 9.09. The largest absolute Gasteiger partial charge is 0.469 e. The van der Waals surface area contributed by atoms with Crippen molar-refractivity contribution in [3.63, 3.8) is 0 Å². The number of carbonyl (C=O) groups excluding carboxylic acids is 1. The molecular formula is C9H14BrNO2. The van der Waals surface area contributed by atoms with Gasteiger partial charge in [0.15, 0.2) is 0 Å². The van der Waals surface area contributed by atoms with Crippen molar-refractivity contribution in [2.75, 3.05) is 7.11 Å². The minimum atomic E-state index is -0.218. The van der Waals surface area contributed by atoms with Gasteiger partial charge < -0.3 is 10.5 Å². The van der Waals surface area contributed by atoms with E-state index in [9.17, 15) is 4.79 Å². The van der Waals surface area contributed by atoms with Crippen LogP contribution in [0.2, 0.25) is 0 Å². The summed E-state index contributed by atoms with van der Waals surface area (Å²) in [7, 11) is 1.39. The average molecular weight is 248 g/mol. The molecule has 0 bridgehead atoms. The third-order valence-corrected chi connectivity index (χ3v) is 3.02. The third kappa shape index (κ3) is 2.31. The zero-order chi connectivity index (χ0) is 10.0. The third-order valence-electron chi connectivity index (χ3n) is 2.39. The van der Waals surface area contributed by atoms with Gasteiger partial charge in [-0.3, -0.25) is 4.79 Å². The summed E-state index contributed by atoms with van der Waals surface area (Å²) in [6.45, 7) is 1.94. The van der Waals surface area contributed by atoms with Crippen molar-refractivity contribution in [2.45, 2.75) is 24.2 Å². The summed E-state index contributed by atoms with van der Waals surface area (Å²) in [5.41, 5.74) is 6.92. The van der Waals surface area contributed by atoms with Gasteiger partial charge in [0.05, 0.1) is 13.0 Å². The number of hydrogen-bond donors (Lipinski definition) is 1. The van der Waals surface area contributed by atoms with Crippen molar-refractivity contribution in [1.29, 1.82) is 0 Å². The quantitative estimate of drug-likeness (QED) is 0.431. The SMILES string of the molecule is COC(=O)C1C[C@H](Br)C=C(C)C1N. The van der Waals surface area contributed by atoms with Crippen LogP contribution in [0.3, 0.4) is 0 Å². The lowest BCUT2D eigenvalue weighted by Crippen LogP contribution is -2.41. The monoisotopic (exact) mass is 247 g/mol. The molecule has 0 radical (unpaired) electrons. The zero-order valence-corrected chi connectivity index (χ0v) is 9.37. The van der Waals surface area contributed by atoms with Crippen molar-refractivity contribution >= 4 is 21.9 Å². The first-order chi connectivity index (χ1) is 6.06.